The van der Waals surface area contributed by atoms with Crippen LogP contribution in [0, 0.1) is 0 Å². The first-order valence-corrected chi connectivity index (χ1v) is 12.3. The molecule has 4 rings (SSSR count). The molecule has 0 saturated carbocycles. The van der Waals surface area contributed by atoms with E-state index in [0.29, 0.717) is 12.3 Å². The molecule has 29 heavy (non-hydrogen) atoms. The number of ether oxygens (including phenoxy) is 1. The molecule has 0 aromatic carbocycles. The lowest BCUT2D eigenvalue weighted by Crippen LogP contribution is -2.27. The van der Waals surface area contributed by atoms with Gasteiger partial charge in [-0.25, -0.2) is 4.98 Å². The van der Waals surface area contributed by atoms with Gasteiger partial charge in [0, 0.05) is 31.2 Å². The average molecular weight is 450 g/mol. The van der Waals surface area contributed by atoms with Gasteiger partial charge in [-0.15, -0.1) is 32.9 Å². The van der Waals surface area contributed by atoms with Crippen molar-refractivity contribution in [2.45, 2.75) is 50.2 Å². The lowest BCUT2D eigenvalue weighted by molar-refractivity contribution is -0.116. The summed E-state index contributed by atoms with van der Waals surface area (Å²) in [7, 11) is 0. The topological polar surface area (TPSA) is 73.1 Å². The SMILES string of the molecule is CCN(C(C)=O)c1nc(CSc2nnc(-c3cccs3)n2CC2CCCO2)cs1. The van der Waals surface area contributed by atoms with Crippen LogP contribution in [0.1, 0.15) is 32.4 Å². The molecule has 4 heterocycles. The number of hydrogen-bond acceptors (Lipinski definition) is 8. The van der Waals surface area contributed by atoms with Crippen molar-refractivity contribution >= 4 is 45.5 Å². The molecule has 3 aromatic rings. The van der Waals surface area contributed by atoms with Gasteiger partial charge in [0.15, 0.2) is 16.1 Å². The molecule has 0 radical (unpaired) electrons. The van der Waals surface area contributed by atoms with Crippen LogP contribution in [-0.2, 0) is 21.8 Å². The number of carbonyl (C=O) groups excluding carboxylic acids is 1. The molecule has 0 aliphatic carbocycles. The van der Waals surface area contributed by atoms with Crippen LogP contribution in [0.4, 0.5) is 5.13 Å². The maximum atomic E-state index is 11.7. The first kappa shape index (κ1) is 20.5. The first-order chi connectivity index (χ1) is 14.2. The maximum Gasteiger partial charge on any atom is 0.225 e. The summed E-state index contributed by atoms with van der Waals surface area (Å²) in [6.07, 6.45) is 2.39. The van der Waals surface area contributed by atoms with Crippen molar-refractivity contribution in [2.75, 3.05) is 18.1 Å². The fraction of sp³-hybridized carbons (Fsp3) is 0.474. The molecule has 1 aliphatic heterocycles. The van der Waals surface area contributed by atoms with Gasteiger partial charge >= 0.3 is 0 Å². The van der Waals surface area contributed by atoms with Crippen molar-refractivity contribution in [1.29, 1.82) is 0 Å². The van der Waals surface area contributed by atoms with Crippen LogP contribution in [0.2, 0.25) is 0 Å². The van der Waals surface area contributed by atoms with Crippen molar-refractivity contribution < 1.29 is 9.53 Å². The van der Waals surface area contributed by atoms with E-state index in [4.69, 9.17) is 4.74 Å². The number of anilines is 1. The number of hydrogen-bond donors (Lipinski definition) is 0. The van der Waals surface area contributed by atoms with E-state index < -0.39 is 0 Å². The molecule has 10 heteroatoms. The van der Waals surface area contributed by atoms with Crippen LogP contribution in [0.25, 0.3) is 10.7 Å². The van der Waals surface area contributed by atoms with E-state index in [9.17, 15) is 4.79 Å². The Morgan fingerprint density at radius 3 is 3.00 bits per heavy atom. The van der Waals surface area contributed by atoms with E-state index in [1.807, 2.05) is 18.4 Å². The van der Waals surface area contributed by atoms with Crippen molar-refractivity contribution in [3.63, 3.8) is 0 Å². The highest BCUT2D eigenvalue weighted by molar-refractivity contribution is 7.98. The Labute approximate surface area is 182 Å². The van der Waals surface area contributed by atoms with Gasteiger partial charge in [-0.05, 0) is 31.2 Å². The number of thioether (sulfide) groups is 1. The fourth-order valence-electron chi connectivity index (χ4n) is 3.26. The predicted octanol–water partition coefficient (Wildman–Crippen LogP) is 4.31. The highest BCUT2D eigenvalue weighted by Gasteiger charge is 2.22. The average Bonchev–Trinajstić information content (AvgIpc) is 3.49. The van der Waals surface area contributed by atoms with Crippen LogP contribution < -0.4 is 4.90 Å². The molecule has 3 aromatic heterocycles. The second-order valence-electron chi connectivity index (χ2n) is 6.70. The van der Waals surface area contributed by atoms with Gasteiger partial charge in [-0.2, -0.15) is 0 Å². The van der Waals surface area contributed by atoms with Gasteiger partial charge in [0.1, 0.15) is 0 Å². The zero-order valence-electron chi connectivity index (χ0n) is 16.4. The van der Waals surface area contributed by atoms with Gasteiger partial charge in [-0.3, -0.25) is 14.3 Å². The van der Waals surface area contributed by atoms with Crippen molar-refractivity contribution in [3.8, 4) is 10.7 Å². The van der Waals surface area contributed by atoms with Crippen LogP contribution in [-0.4, -0.2) is 44.9 Å². The Hall–Kier alpha value is -1.75. The van der Waals surface area contributed by atoms with Gasteiger partial charge in [0.05, 0.1) is 23.2 Å². The number of nitrogens with zero attached hydrogens (tertiary/aromatic N) is 5. The van der Waals surface area contributed by atoms with E-state index in [0.717, 1.165) is 52.7 Å². The van der Waals surface area contributed by atoms with Gasteiger partial charge in [-0.1, -0.05) is 17.8 Å². The van der Waals surface area contributed by atoms with E-state index in [1.165, 1.54) is 11.3 Å². The normalized spacial score (nSPS) is 16.4. The second kappa shape index (κ2) is 9.38. The Morgan fingerprint density at radius 2 is 2.31 bits per heavy atom. The second-order valence-corrected chi connectivity index (χ2v) is 9.43. The molecule has 1 aliphatic rings. The Balaban J connectivity index is 1.51. The van der Waals surface area contributed by atoms with Crippen LogP contribution in [0.15, 0.2) is 28.0 Å². The Bertz CT molecular complexity index is 947. The lowest BCUT2D eigenvalue weighted by atomic mass is 10.2. The molecule has 0 bridgehead atoms. The minimum atomic E-state index is 0.0120. The van der Waals surface area contributed by atoms with Crippen molar-refractivity contribution in [1.82, 2.24) is 19.7 Å². The Morgan fingerprint density at radius 1 is 1.41 bits per heavy atom. The maximum absolute atomic E-state index is 11.7. The van der Waals surface area contributed by atoms with Gasteiger partial charge < -0.3 is 4.74 Å². The highest BCUT2D eigenvalue weighted by atomic mass is 32.2. The summed E-state index contributed by atoms with van der Waals surface area (Å²) in [4.78, 5) is 19.2. The van der Waals surface area contributed by atoms with Crippen LogP contribution in [0.3, 0.4) is 0 Å². The fourth-order valence-corrected chi connectivity index (χ4v) is 5.85. The van der Waals surface area contributed by atoms with Crippen LogP contribution >= 0.6 is 34.4 Å². The Kier molecular flexibility index (Phi) is 6.63. The number of thiophene rings is 1. The zero-order valence-corrected chi connectivity index (χ0v) is 18.9. The minimum Gasteiger partial charge on any atom is -0.376 e. The molecule has 1 saturated heterocycles. The smallest absolute Gasteiger partial charge is 0.225 e. The third kappa shape index (κ3) is 4.71. The largest absolute Gasteiger partial charge is 0.376 e. The van der Waals surface area contributed by atoms with Crippen LogP contribution in [0.5, 0.6) is 0 Å². The number of carbonyl (C=O) groups is 1. The molecule has 1 unspecified atom stereocenters. The summed E-state index contributed by atoms with van der Waals surface area (Å²) in [5.74, 6) is 1.59. The predicted molar refractivity (Wildman–Crippen MR) is 118 cm³/mol. The van der Waals surface area contributed by atoms with E-state index in [2.05, 4.69) is 31.2 Å². The van der Waals surface area contributed by atoms with Crippen molar-refractivity contribution in [2.24, 2.45) is 0 Å². The van der Waals surface area contributed by atoms with Gasteiger partial charge in [0.25, 0.3) is 0 Å². The third-order valence-corrected chi connectivity index (χ3v) is 7.46. The summed E-state index contributed by atoms with van der Waals surface area (Å²) < 4.78 is 8.02. The summed E-state index contributed by atoms with van der Waals surface area (Å²) in [5, 5.41) is 14.6. The number of amides is 1. The highest BCUT2D eigenvalue weighted by Crippen LogP contribution is 2.31. The molecular weight excluding hydrogens is 426 g/mol. The summed E-state index contributed by atoms with van der Waals surface area (Å²) in [6.45, 7) is 5.74. The molecule has 0 N–H and O–H groups in total. The monoisotopic (exact) mass is 449 g/mol. The zero-order chi connectivity index (χ0) is 20.2. The molecule has 1 fully saturated rings. The number of thiazole rings is 1. The quantitative estimate of drug-likeness (QED) is 0.477. The standard InChI is InChI=1S/C19H23N5O2S3/c1-3-23(13(2)25)18-20-14(11-28-18)12-29-19-22-21-17(16-7-5-9-27-16)24(19)10-15-6-4-8-26-15/h5,7,9,11,15H,3-4,6,8,10,12H2,1-2H3. The molecular formula is C19H23N5O2S3. The van der Waals surface area contributed by atoms with Gasteiger partial charge in [0.2, 0.25) is 5.91 Å². The molecule has 1 atom stereocenters. The lowest BCUT2D eigenvalue weighted by Gasteiger charge is -2.14. The number of aromatic nitrogens is 4. The minimum absolute atomic E-state index is 0.0120. The summed E-state index contributed by atoms with van der Waals surface area (Å²) in [6, 6.07) is 4.10. The summed E-state index contributed by atoms with van der Waals surface area (Å²) >= 11 is 4.79. The molecule has 7 nitrogen and oxygen atoms in total. The first-order valence-electron chi connectivity index (χ1n) is 9.59. The van der Waals surface area contributed by atoms with E-state index in [1.54, 1.807) is 34.9 Å². The third-order valence-electron chi connectivity index (χ3n) is 4.68. The van der Waals surface area contributed by atoms with E-state index in [-0.39, 0.29) is 12.0 Å². The van der Waals surface area contributed by atoms with Crippen molar-refractivity contribution in [3.05, 3.63) is 28.6 Å². The van der Waals surface area contributed by atoms with E-state index >= 15 is 0 Å². The molecule has 154 valence electrons. The molecule has 0 spiro atoms. The molecule has 1 amide bonds. The summed E-state index contributed by atoms with van der Waals surface area (Å²) in [5.41, 5.74) is 0.944. The number of rotatable bonds is 8.